The van der Waals surface area contributed by atoms with E-state index in [2.05, 4.69) is 5.32 Å². The van der Waals surface area contributed by atoms with Crippen molar-refractivity contribution in [2.24, 2.45) is 0 Å². The number of hydrogen-bond acceptors (Lipinski definition) is 4. The van der Waals surface area contributed by atoms with Crippen LogP contribution in [0.15, 0.2) is 60.7 Å². The number of carbonyl (C=O) groups excluding carboxylic acids is 1. The first-order valence-electron chi connectivity index (χ1n) is 10.4. The van der Waals surface area contributed by atoms with Crippen LogP contribution in [0.4, 0.5) is 13.2 Å². The third-order valence-electron chi connectivity index (χ3n) is 5.92. The number of ether oxygens (including phenoxy) is 2. The van der Waals surface area contributed by atoms with E-state index in [1.54, 1.807) is 6.07 Å². The summed E-state index contributed by atoms with van der Waals surface area (Å²) in [6, 6.07) is 17.1. The van der Waals surface area contributed by atoms with Crippen LogP contribution in [0.3, 0.4) is 0 Å². The topological polar surface area (TPSA) is 52.5 Å². The van der Waals surface area contributed by atoms with Gasteiger partial charge in [0.1, 0.15) is 11.5 Å². The second-order valence-electron chi connectivity index (χ2n) is 8.01. The first-order chi connectivity index (χ1) is 15.4. The minimum atomic E-state index is -4.42. The molecular formula is C24H21F3N2O3. The molecule has 3 aromatic rings. The Hall–Kier alpha value is -3.26. The number of halogens is 3. The Morgan fingerprint density at radius 2 is 1.75 bits per heavy atom. The van der Waals surface area contributed by atoms with Gasteiger partial charge in [0.2, 0.25) is 5.78 Å². The fraction of sp³-hybridized carbons (Fsp3) is 0.292. The molecule has 32 heavy (non-hydrogen) atoms. The monoisotopic (exact) mass is 442 g/mol. The van der Waals surface area contributed by atoms with Crippen molar-refractivity contribution in [2.75, 3.05) is 19.7 Å². The van der Waals surface area contributed by atoms with E-state index in [-0.39, 0.29) is 11.5 Å². The summed E-state index contributed by atoms with van der Waals surface area (Å²) in [5.74, 6) is 0.561. The van der Waals surface area contributed by atoms with E-state index < -0.39 is 18.4 Å². The van der Waals surface area contributed by atoms with Crippen LogP contribution in [0, 0.1) is 0 Å². The average Bonchev–Trinajstić information content (AvgIpc) is 3.24. The Morgan fingerprint density at radius 3 is 2.47 bits per heavy atom. The van der Waals surface area contributed by atoms with Gasteiger partial charge in [0.25, 0.3) is 0 Å². The molecule has 0 aliphatic carbocycles. The molecule has 5 rings (SSSR count). The molecule has 5 nitrogen and oxygen atoms in total. The highest BCUT2D eigenvalue weighted by atomic mass is 19.4. The van der Waals surface area contributed by atoms with E-state index in [0.717, 1.165) is 43.1 Å². The van der Waals surface area contributed by atoms with Crippen molar-refractivity contribution in [3.63, 3.8) is 0 Å². The lowest BCUT2D eigenvalue weighted by molar-refractivity contribution is -0.153. The predicted octanol–water partition coefficient (Wildman–Crippen LogP) is 4.62. The second kappa shape index (κ2) is 7.70. The lowest BCUT2D eigenvalue weighted by Gasteiger charge is -2.42. The van der Waals surface area contributed by atoms with Crippen LogP contribution in [0.5, 0.6) is 11.5 Å². The fourth-order valence-electron chi connectivity index (χ4n) is 4.42. The van der Waals surface area contributed by atoms with Gasteiger partial charge in [0.15, 0.2) is 12.2 Å². The van der Waals surface area contributed by atoms with Gasteiger partial charge in [-0.1, -0.05) is 12.1 Å². The van der Waals surface area contributed by atoms with E-state index >= 15 is 0 Å². The number of fused-ring (bicyclic) bond motifs is 4. The van der Waals surface area contributed by atoms with Crippen molar-refractivity contribution >= 4 is 5.78 Å². The number of aromatic nitrogens is 1. The number of ketones is 1. The van der Waals surface area contributed by atoms with Gasteiger partial charge in [0.05, 0.1) is 17.1 Å². The van der Waals surface area contributed by atoms with Gasteiger partial charge in [0, 0.05) is 18.4 Å². The summed E-state index contributed by atoms with van der Waals surface area (Å²) >= 11 is 0. The number of nitrogens with one attached hydrogen (secondary N) is 1. The molecule has 2 aliphatic heterocycles. The highest BCUT2D eigenvalue weighted by Gasteiger charge is 2.43. The van der Waals surface area contributed by atoms with E-state index in [4.69, 9.17) is 9.47 Å². The maximum Gasteiger partial charge on any atom is 0.422 e. The zero-order valence-electron chi connectivity index (χ0n) is 17.1. The zero-order valence-corrected chi connectivity index (χ0v) is 17.1. The minimum absolute atomic E-state index is 0.0588. The highest BCUT2D eigenvalue weighted by molar-refractivity contribution is 6.08. The molecular weight excluding hydrogens is 421 g/mol. The number of rotatable bonds is 4. The number of piperidine rings is 1. The molecule has 1 fully saturated rings. The Labute approximate surface area is 182 Å². The van der Waals surface area contributed by atoms with E-state index in [9.17, 15) is 18.0 Å². The molecule has 0 radical (unpaired) electrons. The van der Waals surface area contributed by atoms with Crippen LogP contribution < -0.4 is 14.8 Å². The molecule has 3 heterocycles. The van der Waals surface area contributed by atoms with Gasteiger partial charge in [-0.15, -0.1) is 0 Å². The first kappa shape index (κ1) is 20.6. The van der Waals surface area contributed by atoms with Crippen molar-refractivity contribution in [2.45, 2.75) is 24.6 Å². The summed E-state index contributed by atoms with van der Waals surface area (Å²) in [6.45, 7) is 0.256. The van der Waals surface area contributed by atoms with Crippen LogP contribution in [0.25, 0.3) is 5.69 Å². The average molecular weight is 442 g/mol. The lowest BCUT2D eigenvalue weighted by Crippen LogP contribution is -2.47. The molecule has 1 saturated heterocycles. The number of carbonyl (C=O) groups is 1. The van der Waals surface area contributed by atoms with Crippen LogP contribution in [-0.2, 0) is 5.60 Å². The minimum Gasteiger partial charge on any atom is -0.484 e. The van der Waals surface area contributed by atoms with Gasteiger partial charge in [-0.25, -0.2) is 0 Å². The zero-order chi connectivity index (χ0) is 22.3. The fourth-order valence-corrected chi connectivity index (χ4v) is 4.42. The van der Waals surface area contributed by atoms with Crippen LogP contribution in [0.2, 0.25) is 0 Å². The SMILES string of the molecule is O=C(c1ccc(OCC(F)(F)F)cc1)c1ccc2n1-c1ccccc1OC21CCNCC1. The molecule has 1 N–H and O–H groups in total. The third-order valence-corrected chi connectivity index (χ3v) is 5.92. The van der Waals surface area contributed by atoms with Crippen molar-refractivity contribution < 1.29 is 27.4 Å². The van der Waals surface area contributed by atoms with Gasteiger partial charge < -0.3 is 19.4 Å². The standard InChI is InChI=1S/C24H21F3N2O3/c25-24(26,27)15-31-17-7-5-16(6-8-17)22(30)19-9-10-21-23(11-13-28-14-12-23)32-20-4-2-1-3-18(20)29(19)21/h1-10,28H,11-15H2. The number of nitrogens with zero attached hydrogens (tertiary/aromatic N) is 1. The maximum absolute atomic E-state index is 13.4. The molecule has 166 valence electrons. The van der Waals surface area contributed by atoms with Gasteiger partial charge in [-0.05, 0) is 61.6 Å². The maximum atomic E-state index is 13.4. The summed E-state index contributed by atoms with van der Waals surface area (Å²) in [4.78, 5) is 13.4. The van der Waals surface area contributed by atoms with E-state index in [0.29, 0.717) is 11.3 Å². The van der Waals surface area contributed by atoms with Gasteiger partial charge in [-0.3, -0.25) is 4.79 Å². The molecule has 2 aromatic carbocycles. The van der Waals surface area contributed by atoms with Crippen molar-refractivity contribution in [3.8, 4) is 17.2 Å². The van der Waals surface area contributed by atoms with E-state index in [1.807, 2.05) is 34.9 Å². The molecule has 0 atom stereocenters. The van der Waals surface area contributed by atoms with Crippen molar-refractivity contribution in [1.29, 1.82) is 0 Å². The number of alkyl halides is 3. The number of benzene rings is 2. The first-order valence-corrected chi connectivity index (χ1v) is 10.4. The van der Waals surface area contributed by atoms with Gasteiger partial charge >= 0.3 is 6.18 Å². The van der Waals surface area contributed by atoms with Gasteiger partial charge in [-0.2, -0.15) is 13.2 Å². The molecule has 0 amide bonds. The summed E-state index contributed by atoms with van der Waals surface area (Å²) in [7, 11) is 0. The number of hydrogen-bond donors (Lipinski definition) is 1. The molecule has 8 heteroatoms. The molecule has 0 bridgehead atoms. The highest BCUT2D eigenvalue weighted by Crippen LogP contribution is 2.45. The smallest absolute Gasteiger partial charge is 0.422 e. The summed E-state index contributed by atoms with van der Waals surface area (Å²) in [6.07, 6.45) is -2.85. The molecule has 1 spiro atoms. The summed E-state index contributed by atoms with van der Waals surface area (Å²) in [5, 5.41) is 3.35. The summed E-state index contributed by atoms with van der Waals surface area (Å²) in [5.41, 5.74) is 2.08. The Bertz CT molecular complexity index is 1150. The lowest BCUT2D eigenvalue weighted by atomic mass is 9.87. The van der Waals surface area contributed by atoms with Crippen LogP contribution in [0.1, 0.15) is 34.6 Å². The molecule has 0 unspecified atom stereocenters. The largest absolute Gasteiger partial charge is 0.484 e. The summed E-state index contributed by atoms with van der Waals surface area (Å²) < 4.78 is 50.3. The van der Waals surface area contributed by atoms with E-state index in [1.165, 1.54) is 24.3 Å². The normalized spacial score (nSPS) is 16.7. The Balaban J connectivity index is 1.50. The molecule has 0 saturated carbocycles. The second-order valence-corrected chi connectivity index (χ2v) is 8.01. The third kappa shape index (κ3) is 3.64. The van der Waals surface area contributed by atoms with Crippen molar-refractivity contribution in [3.05, 3.63) is 77.6 Å². The molecule has 1 aromatic heterocycles. The number of para-hydroxylation sites is 2. The Morgan fingerprint density at radius 1 is 1.03 bits per heavy atom. The molecule has 2 aliphatic rings. The van der Waals surface area contributed by atoms with Crippen molar-refractivity contribution in [1.82, 2.24) is 9.88 Å². The van der Waals surface area contributed by atoms with Crippen LogP contribution >= 0.6 is 0 Å². The van der Waals surface area contributed by atoms with Crippen LogP contribution in [-0.4, -0.2) is 36.2 Å². The predicted molar refractivity (Wildman–Crippen MR) is 112 cm³/mol. The Kier molecular flexibility index (Phi) is 4.97. The quantitative estimate of drug-likeness (QED) is 0.599.